The van der Waals surface area contributed by atoms with Gasteiger partial charge >= 0.3 is 0 Å². The van der Waals surface area contributed by atoms with E-state index in [1.54, 1.807) is 23.8 Å². The summed E-state index contributed by atoms with van der Waals surface area (Å²) in [6, 6.07) is -1.71. The topological polar surface area (TPSA) is 122 Å². The molecule has 0 aromatic rings. The van der Waals surface area contributed by atoms with Gasteiger partial charge in [0.2, 0.25) is 23.6 Å². The highest BCUT2D eigenvalue weighted by Crippen LogP contribution is 2.26. The van der Waals surface area contributed by atoms with E-state index in [1.807, 2.05) is 40.7 Å². The lowest BCUT2D eigenvalue weighted by Gasteiger charge is -2.41. The lowest BCUT2D eigenvalue weighted by molar-refractivity contribution is -0.142. The van der Waals surface area contributed by atoms with Crippen LogP contribution in [0.2, 0.25) is 0 Å². The molecule has 0 aromatic carbocycles. The molecule has 10 nitrogen and oxygen atoms in total. The largest absolute Gasteiger partial charge is 0.395 e. The van der Waals surface area contributed by atoms with Crippen molar-refractivity contribution in [1.82, 2.24) is 25.3 Å². The van der Waals surface area contributed by atoms with Gasteiger partial charge in [-0.3, -0.25) is 24.1 Å². The van der Waals surface area contributed by atoms with Crippen LogP contribution in [0.3, 0.4) is 0 Å². The van der Waals surface area contributed by atoms with Crippen LogP contribution in [0.5, 0.6) is 0 Å². The van der Waals surface area contributed by atoms with Gasteiger partial charge in [0.25, 0.3) is 0 Å². The van der Waals surface area contributed by atoms with Crippen molar-refractivity contribution >= 4 is 23.6 Å². The molecule has 2 heterocycles. The van der Waals surface area contributed by atoms with Gasteiger partial charge in [-0.2, -0.15) is 0 Å². The van der Waals surface area contributed by atoms with Crippen LogP contribution in [-0.4, -0.2) is 107 Å². The zero-order valence-electron chi connectivity index (χ0n) is 26.8. The molecule has 3 N–H and O–H groups in total. The quantitative estimate of drug-likeness (QED) is 0.324. The maximum atomic E-state index is 14.0. The van der Waals surface area contributed by atoms with Crippen molar-refractivity contribution < 1.29 is 24.3 Å². The minimum absolute atomic E-state index is 0.0000229. The van der Waals surface area contributed by atoms with Crippen LogP contribution in [0.15, 0.2) is 11.6 Å². The van der Waals surface area contributed by atoms with Crippen LogP contribution < -0.4 is 10.6 Å². The number of likely N-dealkylation sites (tertiary alicyclic amines) is 2. The van der Waals surface area contributed by atoms with E-state index in [2.05, 4.69) is 29.4 Å². The van der Waals surface area contributed by atoms with E-state index in [4.69, 9.17) is 5.11 Å². The summed E-state index contributed by atoms with van der Waals surface area (Å²) in [5.74, 6) is -0.800. The highest BCUT2D eigenvalue weighted by atomic mass is 16.3. The van der Waals surface area contributed by atoms with E-state index in [-0.39, 0.29) is 60.8 Å². The van der Waals surface area contributed by atoms with Crippen molar-refractivity contribution in [1.29, 1.82) is 0 Å². The molecule has 0 aliphatic carbocycles. The summed E-state index contributed by atoms with van der Waals surface area (Å²) in [6.07, 6.45) is 5.95. The fraction of sp³-hybridized carbons (Fsp3) is 0.806. The first-order valence-corrected chi connectivity index (χ1v) is 15.3. The summed E-state index contributed by atoms with van der Waals surface area (Å²) in [7, 11) is 1.73. The van der Waals surface area contributed by atoms with Gasteiger partial charge in [-0.25, -0.2) is 0 Å². The fourth-order valence-corrected chi connectivity index (χ4v) is 5.98. The van der Waals surface area contributed by atoms with Gasteiger partial charge in [0, 0.05) is 31.8 Å². The number of nitrogens with one attached hydrogen (secondary N) is 2. The molecule has 2 aliphatic heterocycles. The Morgan fingerprint density at radius 2 is 1.61 bits per heavy atom. The Labute approximate surface area is 247 Å². The van der Waals surface area contributed by atoms with E-state index < -0.39 is 17.5 Å². The molecule has 2 aliphatic rings. The van der Waals surface area contributed by atoms with E-state index in [0.29, 0.717) is 18.5 Å². The Morgan fingerprint density at radius 3 is 2.17 bits per heavy atom. The maximum Gasteiger partial charge on any atom is 0.249 e. The fourth-order valence-electron chi connectivity index (χ4n) is 5.98. The third kappa shape index (κ3) is 9.01. The lowest BCUT2D eigenvalue weighted by atomic mass is 9.84. The number of aliphatic hydroxyl groups is 1. The lowest BCUT2D eigenvalue weighted by Crippen LogP contribution is -2.60. The molecule has 0 saturated carbocycles. The molecule has 0 spiro atoms. The number of rotatable bonds is 11. The van der Waals surface area contributed by atoms with Crippen molar-refractivity contribution in [2.75, 3.05) is 33.3 Å². The van der Waals surface area contributed by atoms with Crippen molar-refractivity contribution in [3.8, 4) is 0 Å². The number of amides is 4. The number of hydrogen-bond donors (Lipinski definition) is 3. The summed E-state index contributed by atoms with van der Waals surface area (Å²) in [5, 5.41) is 14.8. The Kier molecular flexibility index (Phi) is 12.8. The molecule has 0 bridgehead atoms. The Balaban J connectivity index is 2.25. The van der Waals surface area contributed by atoms with Crippen LogP contribution in [0.25, 0.3) is 0 Å². The summed E-state index contributed by atoms with van der Waals surface area (Å²) in [4.78, 5) is 59.0. The maximum absolute atomic E-state index is 14.0. The van der Waals surface area contributed by atoms with Gasteiger partial charge < -0.3 is 25.5 Å². The molecule has 0 radical (unpaired) electrons. The van der Waals surface area contributed by atoms with Gasteiger partial charge in [-0.1, -0.05) is 47.1 Å². The van der Waals surface area contributed by atoms with Crippen LogP contribution in [0, 0.1) is 11.3 Å². The highest BCUT2D eigenvalue weighted by molar-refractivity contribution is 5.97. The van der Waals surface area contributed by atoms with Crippen LogP contribution in [0.1, 0.15) is 87.5 Å². The average Bonchev–Trinajstić information content (AvgIpc) is 3.41. The van der Waals surface area contributed by atoms with Gasteiger partial charge in [0.15, 0.2) is 0 Å². The molecule has 0 aromatic heterocycles. The summed E-state index contributed by atoms with van der Waals surface area (Å²) in [5.41, 5.74) is -0.0598. The Hall–Kier alpha value is -2.46. The van der Waals surface area contributed by atoms with Crippen molar-refractivity contribution in [2.24, 2.45) is 11.3 Å². The highest BCUT2D eigenvalue weighted by Gasteiger charge is 2.40. The molecule has 2 fully saturated rings. The van der Waals surface area contributed by atoms with Crippen LogP contribution in [0.4, 0.5) is 0 Å². The Bertz CT molecular complexity index is 957. The monoisotopic (exact) mass is 577 g/mol. The molecule has 2 saturated heterocycles. The van der Waals surface area contributed by atoms with Crippen molar-refractivity contribution in [2.45, 2.75) is 118 Å². The number of aliphatic hydroxyl groups excluding tert-OH is 1. The molecule has 4 amide bonds. The Morgan fingerprint density at radius 1 is 0.976 bits per heavy atom. The van der Waals surface area contributed by atoms with Gasteiger partial charge in [0.1, 0.15) is 12.1 Å². The van der Waals surface area contributed by atoms with Crippen molar-refractivity contribution in [3.05, 3.63) is 11.6 Å². The van der Waals surface area contributed by atoms with Gasteiger partial charge in [-0.05, 0) is 64.3 Å². The van der Waals surface area contributed by atoms with E-state index in [1.165, 1.54) is 0 Å². The minimum atomic E-state index is -0.736. The number of nitrogens with zero attached hydrogens (tertiary/aromatic N) is 3. The molecular formula is C31H55N5O5. The first-order chi connectivity index (χ1) is 19.1. The molecular weight excluding hydrogens is 522 g/mol. The van der Waals surface area contributed by atoms with Crippen molar-refractivity contribution in [3.63, 3.8) is 0 Å². The zero-order chi connectivity index (χ0) is 31.1. The molecule has 2 rings (SSSR count). The predicted molar refractivity (Wildman–Crippen MR) is 161 cm³/mol. The summed E-state index contributed by atoms with van der Waals surface area (Å²) < 4.78 is 0. The number of likely N-dealkylation sites (N-methyl/N-ethyl adjacent to an activating group) is 1. The second-order valence-corrected chi connectivity index (χ2v) is 13.4. The van der Waals surface area contributed by atoms with Gasteiger partial charge in [0.05, 0.1) is 18.7 Å². The second-order valence-electron chi connectivity index (χ2n) is 13.4. The summed E-state index contributed by atoms with van der Waals surface area (Å²) in [6.45, 7) is 17.1. The summed E-state index contributed by atoms with van der Waals surface area (Å²) >= 11 is 0. The van der Waals surface area contributed by atoms with Crippen LogP contribution >= 0.6 is 0 Å². The first kappa shape index (κ1) is 34.7. The third-order valence-electron chi connectivity index (χ3n) is 8.37. The standard InChI is InChI=1S/C31H55N5O5/c1-20(2)25(19-22(5)29(40)36-17-12-14-23(36)27(38)32-15-18-37)34(9)30(41)26(31(6,7)8)33-28(39)24-13-10-11-16-35(24)21(3)4/h19-21,23-26,37H,10-18H2,1-9H3,(H,32,38)(H,33,39)/b22-19+. The minimum Gasteiger partial charge on any atom is -0.395 e. The average molecular weight is 578 g/mol. The molecule has 4 atom stereocenters. The molecule has 234 valence electrons. The number of carbonyl (C=O) groups excluding carboxylic acids is 4. The van der Waals surface area contributed by atoms with E-state index >= 15 is 0 Å². The number of piperidine rings is 1. The normalized spacial score (nSPS) is 22.0. The number of hydrogen-bond acceptors (Lipinski definition) is 6. The smallest absolute Gasteiger partial charge is 0.249 e. The van der Waals surface area contributed by atoms with Gasteiger partial charge in [-0.15, -0.1) is 0 Å². The zero-order valence-corrected chi connectivity index (χ0v) is 26.8. The SMILES string of the molecule is C/C(=C\C(C(C)C)N(C)C(=O)C(NC(=O)C1CCCCN1C(C)C)C(C)(C)C)C(=O)N1CCCC1C(=O)NCCO. The van der Waals surface area contributed by atoms with E-state index in [9.17, 15) is 19.2 Å². The molecule has 4 unspecified atom stereocenters. The first-order valence-electron chi connectivity index (χ1n) is 15.3. The third-order valence-corrected chi connectivity index (χ3v) is 8.37. The molecule has 10 heteroatoms. The second kappa shape index (κ2) is 15.1. The number of carbonyl (C=O) groups is 4. The van der Waals surface area contributed by atoms with E-state index in [0.717, 1.165) is 32.2 Å². The van der Waals surface area contributed by atoms with Crippen LogP contribution in [-0.2, 0) is 19.2 Å². The predicted octanol–water partition coefficient (Wildman–Crippen LogP) is 2.31. The molecule has 41 heavy (non-hydrogen) atoms.